The zero-order valence-corrected chi connectivity index (χ0v) is 33.0. The zero-order chi connectivity index (χ0) is 40.1. The van der Waals surface area contributed by atoms with Crippen LogP contribution in [0.15, 0.2) is 236 Å². The Morgan fingerprint density at radius 1 is 0.317 bits per heavy atom. The molecule has 1 aliphatic rings. The normalized spacial score (nSPS) is 14.8. The molecule has 2 atom stereocenters. The molecule has 1 aromatic heterocycles. The standard InChI is InChI=1S/C56H42N4/c1-7-20-39(21-8-1)47-32-19-33-48(38-47)56-59-54(45-30-17-6-18-31-45)58-55(60-56)46-36-34-42(35-37-46)49-50(40-22-9-2-10-23-40)52(43-26-13-4-14-27-43)57-53(44-28-15-5-16-29-44)51(49)41-24-11-3-12-25-41/h1-38,54-55,58H,(H,59,60). The first-order chi connectivity index (χ1) is 29.8. The molecule has 4 nitrogen and oxygen atoms in total. The second-order valence-corrected chi connectivity index (χ2v) is 15.0. The smallest absolute Gasteiger partial charge is 0.131 e. The second-order valence-electron chi connectivity index (χ2n) is 15.0. The molecule has 0 fully saturated rings. The molecule has 2 unspecified atom stereocenters. The van der Waals surface area contributed by atoms with Crippen molar-refractivity contribution in [3.63, 3.8) is 0 Å². The average molecular weight is 771 g/mol. The zero-order valence-electron chi connectivity index (χ0n) is 33.0. The molecule has 4 heteroatoms. The molecule has 0 aliphatic carbocycles. The average Bonchev–Trinajstić information content (AvgIpc) is 3.35. The summed E-state index contributed by atoms with van der Waals surface area (Å²) in [6.07, 6.45) is -0.458. The van der Waals surface area contributed by atoms with E-state index in [2.05, 4.69) is 235 Å². The van der Waals surface area contributed by atoms with Crippen LogP contribution in [0.25, 0.3) is 67.0 Å². The van der Waals surface area contributed by atoms with E-state index in [-0.39, 0.29) is 12.3 Å². The third-order valence-corrected chi connectivity index (χ3v) is 11.2. The summed E-state index contributed by atoms with van der Waals surface area (Å²) in [6, 6.07) is 81.2. The molecular weight excluding hydrogens is 729 g/mol. The third kappa shape index (κ3) is 7.44. The summed E-state index contributed by atoms with van der Waals surface area (Å²) in [5.41, 5.74) is 16.3. The van der Waals surface area contributed by atoms with Crippen molar-refractivity contribution in [2.45, 2.75) is 12.3 Å². The van der Waals surface area contributed by atoms with E-state index < -0.39 is 0 Å². The van der Waals surface area contributed by atoms with Gasteiger partial charge in [0.05, 0.1) is 11.4 Å². The number of aromatic nitrogens is 1. The first-order valence-electron chi connectivity index (χ1n) is 20.5. The van der Waals surface area contributed by atoms with Crippen molar-refractivity contribution in [3.05, 3.63) is 247 Å². The van der Waals surface area contributed by atoms with E-state index in [9.17, 15) is 0 Å². The van der Waals surface area contributed by atoms with Gasteiger partial charge in [-0.1, -0.05) is 224 Å². The van der Waals surface area contributed by atoms with Crippen LogP contribution in [-0.2, 0) is 0 Å². The quantitative estimate of drug-likeness (QED) is 0.154. The predicted molar refractivity (Wildman–Crippen MR) is 248 cm³/mol. The number of nitrogens with zero attached hydrogens (tertiary/aromatic N) is 2. The van der Waals surface area contributed by atoms with Gasteiger partial charge in [-0.3, -0.25) is 5.32 Å². The predicted octanol–water partition coefficient (Wildman–Crippen LogP) is 13.4. The minimum absolute atomic E-state index is 0.212. The summed E-state index contributed by atoms with van der Waals surface area (Å²) >= 11 is 0. The molecule has 2 N–H and O–H groups in total. The topological polar surface area (TPSA) is 49.3 Å². The Balaban J connectivity index is 1.14. The maximum absolute atomic E-state index is 5.61. The van der Waals surface area contributed by atoms with Crippen LogP contribution in [-0.4, -0.2) is 10.8 Å². The Hall–Kier alpha value is -7.66. The summed E-state index contributed by atoms with van der Waals surface area (Å²) in [5, 5.41) is 7.61. The fourth-order valence-corrected chi connectivity index (χ4v) is 8.26. The highest BCUT2D eigenvalue weighted by atomic mass is 15.3. The first-order valence-corrected chi connectivity index (χ1v) is 20.5. The van der Waals surface area contributed by atoms with Crippen LogP contribution >= 0.6 is 0 Å². The Labute approximate surface area is 351 Å². The molecule has 2 heterocycles. The lowest BCUT2D eigenvalue weighted by Crippen LogP contribution is -2.44. The van der Waals surface area contributed by atoms with Gasteiger partial charge in [-0.2, -0.15) is 0 Å². The van der Waals surface area contributed by atoms with E-state index in [1.807, 2.05) is 6.07 Å². The SMILES string of the molecule is c1ccc(-c2cccc(C3=NC(c4ccccc4)NC(c4ccc(-c5c(-c6ccccc6)c(-c6ccccc6)nc(-c6ccccc6)c5-c5ccccc5)cc4)N3)c2)cc1. The molecular formula is C56H42N4. The highest BCUT2D eigenvalue weighted by molar-refractivity contribution is 6.05. The number of hydrogen-bond acceptors (Lipinski definition) is 4. The van der Waals surface area contributed by atoms with E-state index in [0.717, 1.165) is 84.0 Å². The molecule has 8 aromatic carbocycles. The molecule has 10 rings (SSSR count). The third-order valence-electron chi connectivity index (χ3n) is 11.2. The van der Waals surface area contributed by atoms with Gasteiger partial charge in [0.15, 0.2) is 0 Å². The van der Waals surface area contributed by atoms with Gasteiger partial charge in [-0.25, -0.2) is 9.98 Å². The van der Waals surface area contributed by atoms with Crippen LogP contribution in [0.5, 0.6) is 0 Å². The summed E-state index contributed by atoms with van der Waals surface area (Å²) < 4.78 is 0. The highest BCUT2D eigenvalue weighted by Crippen LogP contribution is 2.48. The van der Waals surface area contributed by atoms with E-state index in [1.165, 1.54) is 5.56 Å². The van der Waals surface area contributed by atoms with Crippen molar-refractivity contribution < 1.29 is 0 Å². The number of amidine groups is 1. The highest BCUT2D eigenvalue weighted by Gasteiger charge is 2.28. The Morgan fingerprint density at radius 2 is 0.733 bits per heavy atom. The van der Waals surface area contributed by atoms with E-state index in [1.54, 1.807) is 0 Å². The van der Waals surface area contributed by atoms with Crippen LogP contribution < -0.4 is 10.6 Å². The van der Waals surface area contributed by atoms with Gasteiger partial charge in [0.25, 0.3) is 0 Å². The maximum atomic E-state index is 5.61. The van der Waals surface area contributed by atoms with Gasteiger partial charge < -0.3 is 5.32 Å². The molecule has 286 valence electrons. The van der Waals surface area contributed by atoms with E-state index in [0.29, 0.717) is 0 Å². The summed E-state index contributed by atoms with van der Waals surface area (Å²) in [7, 11) is 0. The van der Waals surface area contributed by atoms with Gasteiger partial charge in [0, 0.05) is 33.4 Å². The van der Waals surface area contributed by atoms with Crippen molar-refractivity contribution in [1.29, 1.82) is 0 Å². The van der Waals surface area contributed by atoms with Crippen LogP contribution in [0.3, 0.4) is 0 Å². The van der Waals surface area contributed by atoms with Crippen LogP contribution in [0.2, 0.25) is 0 Å². The van der Waals surface area contributed by atoms with Crippen molar-refractivity contribution in [2.75, 3.05) is 0 Å². The van der Waals surface area contributed by atoms with Crippen molar-refractivity contribution in [1.82, 2.24) is 15.6 Å². The minimum Gasteiger partial charge on any atom is -0.350 e. The fourth-order valence-electron chi connectivity index (χ4n) is 8.26. The lowest BCUT2D eigenvalue weighted by atomic mass is 9.83. The number of pyridine rings is 1. The molecule has 0 amide bonds. The van der Waals surface area contributed by atoms with Gasteiger partial charge in [-0.15, -0.1) is 0 Å². The van der Waals surface area contributed by atoms with Crippen molar-refractivity contribution in [3.8, 4) is 67.0 Å². The molecule has 0 saturated heterocycles. The van der Waals surface area contributed by atoms with Gasteiger partial charge in [-0.05, 0) is 45.0 Å². The fraction of sp³-hybridized carbons (Fsp3) is 0.0357. The molecule has 0 saturated carbocycles. The summed E-state index contributed by atoms with van der Waals surface area (Å²) in [4.78, 5) is 10.9. The van der Waals surface area contributed by atoms with Crippen molar-refractivity contribution >= 4 is 5.84 Å². The van der Waals surface area contributed by atoms with E-state index >= 15 is 0 Å². The molecule has 9 aromatic rings. The minimum atomic E-state index is -0.246. The lowest BCUT2D eigenvalue weighted by Gasteiger charge is -2.32. The largest absolute Gasteiger partial charge is 0.350 e. The maximum Gasteiger partial charge on any atom is 0.131 e. The molecule has 0 spiro atoms. The molecule has 1 aliphatic heterocycles. The number of hydrogen-bond donors (Lipinski definition) is 2. The number of benzene rings is 8. The van der Waals surface area contributed by atoms with Crippen LogP contribution in [0.1, 0.15) is 29.0 Å². The molecule has 0 radical (unpaired) electrons. The monoisotopic (exact) mass is 770 g/mol. The second kappa shape index (κ2) is 16.7. The van der Waals surface area contributed by atoms with Gasteiger partial charge in [0.2, 0.25) is 0 Å². The number of nitrogens with one attached hydrogen (secondary N) is 2. The van der Waals surface area contributed by atoms with Gasteiger partial charge in [0.1, 0.15) is 18.2 Å². The van der Waals surface area contributed by atoms with Crippen molar-refractivity contribution in [2.24, 2.45) is 4.99 Å². The number of aliphatic imine (C=N–C) groups is 1. The Bertz CT molecular complexity index is 2780. The first kappa shape index (κ1) is 36.7. The number of rotatable bonds is 9. The molecule has 0 bridgehead atoms. The van der Waals surface area contributed by atoms with Gasteiger partial charge >= 0.3 is 0 Å². The summed E-state index contributed by atoms with van der Waals surface area (Å²) in [6.45, 7) is 0. The Morgan fingerprint density at radius 3 is 1.25 bits per heavy atom. The molecule has 60 heavy (non-hydrogen) atoms. The lowest BCUT2D eigenvalue weighted by molar-refractivity contribution is 0.409. The summed E-state index contributed by atoms with van der Waals surface area (Å²) in [5.74, 6) is 0.848. The van der Waals surface area contributed by atoms with Crippen LogP contribution in [0.4, 0.5) is 0 Å². The van der Waals surface area contributed by atoms with Crippen LogP contribution in [0, 0.1) is 0 Å². The van der Waals surface area contributed by atoms with E-state index in [4.69, 9.17) is 9.98 Å². The Kier molecular flexibility index (Phi) is 10.2.